The van der Waals surface area contributed by atoms with E-state index in [2.05, 4.69) is 12.2 Å². The van der Waals surface area contributed by atoms with Gasteiger partial charge in [-0.1, -0.05) is 26.8 Å². The zero-order valence-corrected chi connectivity index (χ0v) is 11.2. The molecular weight excluding hydrogens is 236 g/mol. The van der Waals surface area contributed by atoms with Gasteiger partial charge >= 0.3 is 0 Å². The third-order valence-electron chi connectivity index (χ3n) is 2.56. The van der Waals surface area contributed by atoms with Gasteiger partial charge in [0.05, 0.1) is 6.61 Å². The summed E-state index contributed by atoms with van der Waals surface area (Å²) in [6.07, 6.45) is 1.06. The first-order valence-corrected chi connectivity index (χ1v) is 6.24. The number of benzene rings is 1. The van der Waals surface area contributed by atoms with Crippen LogP contribution in [0.3, 0.4) is 0 Å². The maximum absolute atomic E-state index is 13.4. The highest BCUT2D eigenvalue weighted by molar-refractivity contribution is 5.25. The Labute approximate surface area is 107 Å². The normalized spacial score (nSPS) is 11.6. The van der Waals surface area contributed by atoms with Gasteiger partial charge in [-0.2, -0.15) is 4.39 Å². The van der Waals surface area contributed by atoms with Crippen LogP contribution in [0.4, 0.5) is 8.78 Å². The molecule has 0 aliphatic heterocycles. The van der Waals surface area contributed by atoms with Gasteiger partial charge in [0.2, 0.25) is 5.82 Å². The molecule has 0 aromatic heterocycles. The van der Waals surface area contributed by atoms with Gasteiger partial charge in [-0.25, -0.2) is 4.39 Å². The Balaban J connectivity index is 2.50. The number of hydrogen-bond acceptors (Lipinski definition) is 2. The molecule has 0 unspecified atom stereocenters. The molecule has 102 valence electrons. The zero-order valence-electron chi connectivity index (χ0n) is 11.2. The lowest BCUT2D eigenvalue weighted by Crippen LogP contribution is -2.34. The summed E-state index contributed by atoms with van der Waals surface area (Å²) in [5, 5.41) is 3.29. The largest absolute Gasteiger partial charge is 0.490 e. The third kappa shape index (κ3) is 4.61. The van der Waals surface area contributed by atoms with Gasteiger partial charge < -0.3 is 10.1 Å². The second kappa shape index (κ2) is 6.69. The fourth-order valence-electron chi connectivity index (χ4n) is 1.52. The van der Waals surface area contributed by atoms with Crippen LogP contribution in [0.25, 0.3) is 0 Å². The van der Waals surface area contributed by atoms with Gasteiger partial charge in [0.25, 0.3) is 0 Å². The Kier molecular flexibility index (Phi) is 5.54. The molecular formula is C14H21F2NO. The fourth-order valence-corrected chi connectivity index (χ4v) is 1.52. The van der Waals surface area contributed by atoms with Gasteiger partial charge in [-0.05, 0) is 25.1 Å². The Morgan fingerprint density at radius 2 is 2.00 bits per heavy atom. The van der Waals surface area contributed by atoms with E-state index < -0.39 is 11.6 Å². The highest BCUT2D eigenvalue weighted by atomic mass is 19.2. The SMILES string of the molecule is CCCNCC(C)(C)COc1cccc(F)c1F. The average Bonchev–Trinajstić information content (AvgIpc) is 2.31. The minimum Gasteiger partial charge on any atom is -0.490 e. The van der Waals surface area contributed by atoms with Crippen LogP contribution < -0.4 is 10.1 Å². The fraction of sp³-hybridized carbons (Fsp3) is 0.571. The summed E-state index contributed by atoms with van der Waals surface area (Å²) in [6.45, 7) is 8.19. The van der Waals surface area contributed by atoms with Crippen LogP contribution in [0.15, 0.2) is 18.2 Å². The minimum absolute atomic E-state index is 0.0291. The summed E-state index contributed by atoms with van der Waals surface area (Å²) in [5.41, 5.74) is -0.131. The first-order chi connectivity index (χ1) is 8.46. The molecule has 0 heterocycles. The molecule has 0 spiro atoms. The molecule has 0 atom stereocenters. The molecule has 2 nitrogen and oxygen atoms in total. The first kappa shape index (κ1) is 14.9. The maximum Gasteiger partial charge on any atom is 0.200 e. The van der Waals surface area contributed by atoms with E-state index in [4.69, 9.17) is 4.74 Å². The van der Waals surface area contributed by atoms with Crippen molar-refractivity contribution in [3.05, 3.63) is 29.8 Å². The van der Waals surface area contributed by atoms with Crippen molar-refractivity contribution in [3.8, 4) is 5.75 Å². The second-order valence-corrected chi connectivity index (χ2v) is 5.18. The molecule has 0 saturated carbocycles. The smallest absolute Gasteiger partial charge is 0.200 e. The summed E-state index contributed by atoms with van der Waals surface area (Å²) >= 11 is 0. The van der Waals surface area contributed by atoms with Crippen molar-refractivity contribution >= 4 is 0 Å². The van der Waals surface area contributed by atoms with Crippen molar-refractivity contribution in [3.63, 3.8) is 0 Å². The molecule has 0 aliphatic rings. The van der Waals surface area contributed by atoms with E-state index in [-0.39, 0.29) is 11.2 Å². The lowest BCUT2D eigenvalue weighted by atomic mass is 9.95. The summed E-state index contributed by atoms with van der Waals surface area (Å²) in [7, 11) is 0. The maximum atomic E-state index is 13.4. The van der Waals surface area contributed by atoms with Crippen LogP contribution in [0.2, 0.25) is 0 Å². The second-order valence-electron chi connectivity index (χ2n) is 5.18. The summed E-state index contributed by atoms with van der Waals surface area (Å²) in [4.78, 5) is 0. The molecule has 1 aromatic rings. The van der Waals surface area contributed by atoms with E-state index in [0.29, 0.717) is 6.61 Å². The quantitative estimate of drug-likeness (QED) is 0.756. The lowest BCUT2D eigenvalue weighted by molar-refractivity contribution is 0.170. The van der Waals surface area contributed by atoms with Gasteiger partial charge in [-0.15, -0.1) is 0 Å². The van der Waals surface area contributed by atoms with Gasteiger partial charge in [0, 0.05) is 12.0 Å². The summed E-state index contributed by atoms with van der Waals surface area (Å²) in [5.74, 6) is -1.83. The molecule has 0 fully saturated rings. The van der Waals surface area contributed by atoms with Crippen molar-refractivity contribution in [2.45, 2.75) is 27.2 Å². The monoisotopic (exact) mass is 257 g/mol. The van der Waals surface area contributed by atoms with Gasteiger partial charge in [0.15, 0.2) is 11.6 Å². The van der Waals surface area contributed by atoms with Crippen molar-refractivity contribution in [2.24, 2.45) is 5.41 Å². The van der Waals surface area contributed by atoms with E-state index in [9.17, 15) is 8.78 Å². The molecule has 4 heteroatoms. The van der Waals surface area contributed by atoms with Gasteiger partial charge in [-0.3, -0.25) is 0 Å². The molecule has 0 aliphatic carbocycles. The standard InChI is InChI=1S/C14H21F2NO/c1-4-8-17-9-14(2,3)10-18-12-7-5-6-11(15)13(12)16/h5-7,17H,4,8-10H2,1-3H3. The van der Waals surface area contributed by atoms with Crippen LogP contribution in [0, 0.1) is 17.0 Å². The molecule has 1 rings (SSSR count). The third-order valence-corrected chi connectivity index (χ3v) is 2.56. The summed E-state index contributed by atoms with van der Waals surface area (Å²) < 4.78 is 31.7. The van der Waals surface area contributed by atoms with Crippen LogP contribution in [-0.2, 0) is 0 Å². The van der Waals surface area contributed by atoms with E-state index in [0.717, 1.165) is 25.6 Å². The van der Waals surface area contributed by atoms with Crippen LogP contribution >= 0.6 is 0 Å². The van der Waals surface area contributed by atoms with Crippen molar-refractivity contribution in [2.75, 3.05) is 19.7 Å². The zero-order chi connectivity index (χ0) is 13.6. The molecule has 1 N–H and O–H groups in total. The Morgan fingerprint density at radius 1 is 1.28 bits per heavy atom. The molecule has 18 heavy (non-hydrogen) atoms. The predicted octanol–water partition coefficient (Wildman–Crippen LogP) is 3.37. The van der Waals surface area contributed by atoms with E-state index in [1.807, 2.05) is 13.8 Å². The Bertz CT molecular complexity index is 380. The molecule has 0 bridgehead atoms. The van der Waals surface area contributed by atoms with Crippen LogP contribution in [0.1, 0.15) is 27.2 Å². The molecule has 1 aromatic carbocycles. The number of hydrogen-bond donors (Lipinski definition) is 1. The predicted molar refractivity (Wildman–Crippen MR) is 68.8 cm³/mol. The lowest BCUT2D eigenvalue weighted by Gasteiger charge is -2.25. The Hall–Kier alpha value is -1.16. The molecule has 0 saturated heterocycles. The van der Waals surface area contributed by atoms with E-state index >= 15 is 0 Å². The minimum atomic E-state index is -0.921. The molecule has 0 amide bonds. The number of ether oxygens (including phenoxy) is 1. The van der Waals surface area contributed by atoms with Gasteiger partial charge in [0.1, 0.15) is 0 Å². The highest BCUT2D eigenvalue weighted by Crippen LogP contribution is 2.22. The summed E-state index contributed by atoms with van der Waals surface area (Å²) in [6, 6.07) is 3.96. The average molecular weight is 257 g/mol. The number of nitrogens with one attached hydrogen (secondary N) is 1. The topological polar surface area (TPSA) is 21.3 Å². The first-order valence-electron chi connectivity index (χ1n) is 6.24. The van der Waals surface area contributed by atoms with Crippen molar-refractivity contribution in [1.29, 1.82) is 0 Å². The van der Waals surface area contributed by atoms with E-state index in [1.165, 1.54) is 12.1 Å². The van der Waals surface area contributed by atoms with Crippen LogP contribution in [-0.4, -0.2) is 19.7 Å². The highest BCUT2D eigenvalue weighted by Gasteiger charge is 2.19. The van der Waals surface area contributed by atoms with Crippen molar-refractivity contribution in [1.82, 2.24) is 5.32 Å². The number of halogens is 2. The van der Waals surface area contributed by atoms with Crippen LogP contribution in [0.5, 0.6) is 5.75 Å². The van der Waals surface area contributed by atoms with E-state index in [1.54, 1.807) is 0 Å². The Morgan fingerprint density at radius 3 is 2.67 bits per heavy atom. The molecule has 0 radical (unpaired) electrons. The number of rotatable bonds is 7. The van der Waals surface area contributed by atoms with Crippen molar-refractivity contribution < 1.29 is 13.5 Å².